The van der Waals surface area contributed by atoms with Crippen LogP contribution in [0.5, 0.6) is 5.75 Å². The number of aldehydes is 1. The van der Waals surface area contributed by atoms with E-state index in [1.54, 1.807) is 7.11 Å². The van der Waals surface area contributed by atoms with Crippen LogP contribution in [0.3, 0.4) is 0 Å². The van der Waals surface area contributed by atoms with Crippen molar-refractivity contribution >= 4 is 17.6 Å². The van der Waals surface area contributed by atoms with E-state index in [-0.39, 0.29) is 0 Å². The molecule has 2 rings (SSSR count). The summed E-state index contributed by atoms with van der Waals surface area (Å²) < 4.78 is 5.44. The fraction of sp³-hybridized carbons (Fsp3) is 0.286. The molecular weight excluding hydrogens is 246 g/mol. The van der Waals surface area contributed by atoms with Gasteiger partial charge < -0.3 is 4.74 Å². The van der Waals surface area contributed by atoms with E-state index >= 15 is 0 Å². The number of hydrogen-bond acceptors (Lipinski definition) is 4. The van der Waals surface area contributed by atoms with Gasteiger partial charge in [0, 0.05) is 10.4 Å². The first-order valence-electron chi connectivity index (χ1n) is 5.65. The normalized spacial score (nSPS) is 10.4. The summed E-state index contributed by atoms with van der Waals surface area (Å²) in [5.41, 5.74) is 4.08. The molecule has 0 bridgehead atoms. The molecule has 0 aliphatic heterocycles. The zero-order valence-electron chi connectivity index (χ0n) is 10.9. The first kappa shape index (κ1) is 12.8. The first-order valence-corrected chi connectivity index (χ1v) is 6.46. The Morgan fingerprint density at radius 3 is 2.56 bits per heavy atom. The van der Waals surface area contributed by atoms with Crippen molar-refractivity contribution in [2.75, 3.05) is 7.11 Å². The first-order chi connectivity index (χ1) is 8.56. The van der Waals surface area contributed by atoms with Crippen molar-refractivity contribution in [2.45, 2.75) is 20.8 Å². The summed E-state index contributed by atoms with van der Waals surface area (Å²) in [7, 11) is 1.65. The molecule has 0 saturated heterocycles. The lowest BCUT2D eigenvalue weighted by Gasteiger charge is -2.11. The number of rotatable bonds is 3. The molecule has 1 aromatic carbocycles. The summed E-state index contributed by atoms with van der Waals surface area (Å²) in [5.74, 6) is 0.804. The van der Waals surface area contributed by atoms with Crippen molar-refractivity contribution in [1.82, 2.24) is 4.98 Å². The van der Waals surface area contributed by atoms with Crippen LogP contribution in [0.4, 0.5) is 0 Å². The lowest BCUT2D eigenvalue weighted by atomic mass is 10.0. The summed E-state index contributed by atoms with van der Waals surface area (Å²) in [5, 5.41) is 0.504. The second kappa shape index (κ2) is 4.90. The molecule has 0 radical (unpaired) electrons. The highest BCUT2D eigenvalue weighted by atomic mass is 32.1. The van der Waals surface area contributed by atoms with Gasteiger partial charge >= 0.3 is 0 Å². The van der Waals surface area contributed by atoms with Crippen molar-refractivity contribution in [3.05, 3.63) is 33.1 Å². The monoisotopic (exact) mass is 261 g/mol. The number of benzene rings is 1. The molecule has 18 heavy (non-hydrogen) atoms. The third-order valence-corrected chi connectivity index (χ3v) is 3.71. The van der Waals surface area contributed by atoms with E-state index in [1.807, 2.05) is 26.8 Å². The van der Waals surface area contributed by atoms with Crippen LogP contribution in [-0.4, -0.2) is 18.4 Å². The average molecular weight is 261 g/mol. The number of ether oxygens (including phenoxy) is 1. The maximum atomic E-state index is 10.8. The number of carbonyl (C=O) groups excluding carboxylic acids is 1. The van der Waals surface area contributed by atoms with Crippen molar-refractivity contribution in [2.24, 2.45) is 0 Å². The van der Waals surface area contributed by atoms with E-state index < -0.39 is 0 Å². The van der Waals surface area contributed by atoms with Gasteiger partial charge in [-0.3, -0.25) is 4.79 Å². The van der Waals surface area contributed by atoms with Gasteiger partial charge in [-0.25, -0.2) is 4.98 Å². The van der Waals surface area contributed by atoms with Crippen LogP contribution >= 0.6 is 11.3 Å². The molecule has 0 amide bonds. The Kier molecular flexibility index (Phi) is 3.48. The fourth-order valence-electron chi connectivity index (χ4n) is 2.09. The minimum Gasteiger partial charge on any atom is -0.496 e. The highest BCUT2D eigenvalue weighted by Crippen LogP contribution is 2.37. The molecule has 94 valence electrons. The molecule has 3 nitrogen and oxygen atoms in total. The summed E-state index contributed by atoms with van der Waals surface area (Å²) >= 11 is 1.41. The highest BCUT2D eigenvalue weighted by Gasteiger charge is 2.16. The number of aromatic nitrogens is 1. The number of hydrogen-bond donors (Lipinski definition) is 0. The van der Waals surface area contributed by atoms with Gasteiger partial charge in [0.1, 0.15) is 5.75 Å². The molecule has 0 atom stereocenters. The molecule has 0 spiro atoms. The average Bonchev–Trinajstić information content (AvgIpc) is 2.69. The van der Waals surface area contributed by atoms with E-state index in [2.05, 4.69) is 11.1 Å². The second-order valence-corrected chi connectivity index (χ2v) is 5.47. The highest BCUT2D eigenvalue weighted by molar-refractivity contribution is 7.13. The van der Waals surface area contributed by atoms with E-state index in [4.69, 9.17) is 4.74 Å². The maximum Gasteiger partial charge on any atom is 0.178 e. The summed E-state index contributed by atoms with van der Waals surface area (Å²) in [6.45, 7) is 6.03. The van der Waals surface area contributed by atoms with E-state index in [0.29, 0.717) is 5.01 Å². The number of carbonyl (C=O) groups is 1. The molecule has 0 aliphatic rings. The smallest absolute Gasteiger partial charge is 0.178 e. The van der Waals surface area contributed by atoms with Crippen LogP contribution < -0.4 is 4.74 Å². The number of thiazole rings is 1. The van der Waals surface area contributed by atoms with Gasteiger partial charge in [0.05, 0.1) is 12.8 Å². The van der Waals surface area contributed by atoms with Gasteiger partial charge in [-0.05, 0) is 38.0 Å². The lowest BCUT2D eigenvalue weighted by Crippen LogP contribution is -1.94. The molecular formula is C14H15NO2S. The predicted molar refractivity (Wildman–Crippen MR) is 73.7 cm³/mol. The standard InChI is InChI=1S/C14H15NO2S/c1-8-5-9(2)13(11(6-8)17-4)14-10(3)18-12(7-16)15-14/h5-7H,1-4H3. The van der Waals surface area contributed by atoms with E-state index in [1.165, 1.54) is 11.3 Å². The fourth-order valence-corrected chi connectivity index (χ4v) is 2.84. The van der Waals surface area contributed by atoms with Gasteiger partial charge in [0.2, 0.25) is 0 Å². The quantitative estimate of drug-likeness (QED) is 0.793. The largest absolute Gasteiger partial charge is 0.496 e. The van der Waals surface area contributed by atoms with Crippen LogP contribution in [0.25, 0.3) is 11.3 Å². The molecule has 2 aromatic rings. The topological polar surface area (TPSA) is 39.2 Å². The zero-order chi connectivity index (χ0) is 13.3. The van der Waals surface area contributed by atoms with Crippen LogP contribution in [0, 0.1) is 20.8 Å². The van der Waals surface area contributed by atoms with Gasteiger partial charge in [0.25, 0.3) is 0 Å². The Morgan fingerprint density at radius 1 is 1.28 bits per heavy atom. The van der Waals surface area contributed by atoms with E-state index in [9.17, 15) is 4.79 Å². The molecule has 0 saturated carbocycles. The molecule has 1 heterocycles. The molecule has 4 heteroatoms. The summed E-state index contributed by atoms with van der Waals surface area (Å²) in [4.78, 5) is 16.2. The van der Waals surface area contributed by atoms with Gasteiger partial charge in [0.15, 0.2) is 11.3 Å². The molecule has 1 aromatic heterocycles. The minimum atomic E-state index is 0.504. The molecule has 0 unspecified atom stereocenters. The minimum absolute atomic E-state index is 0.504. The third kappa shape index (κ3) is 2.16. The number of methoxy groups -OCH3 is 1. The predicted octanol–water partition coefficient (Wildman–Crippen LogP) is 3.56. The summed E-state index contributed by atoms with van der Waals surface area (Å²) in [6, 6.07) is 4.08. The van der Waals surface area contributed by atoms with Crippen LogP contribution in [0.15, 0.2) is 12.1 Å². The van der Waals surface area contributed by atoms with Gasteiger partial charge in [-0.2, -0.15) is 0 Å². The van der Waals surface area contributed by atoms with Crippen LogP contribution in [0.1, 0.15) is 25.8 Å². The Bertz CT molecular complexity index is 602. The van der Waals surface area contributed by atoms with Crippen molar-refractivity contribution in [1.29, 1.82) is 0 Å². The Hall–Kier alpha value is -1.68. The lowest BCUT2D eigenvalue weighted by molar-refractivity contribution is 0.112. The Labute approximate surface area is 110 Å². The SMILES string of the molecule is COc1cc(C)cc(C)c1-c1nc(C=O)sc1C. The second-order valence-electron chi connectivity index (χ2n) is 4.23. The van der Waals surface area contributed by atoms with Crippen molar-refractivity contribution in [3.63, 3.8) is 0 Å². The molecule has 0 N–H and O–H groups in total. The summed E-state index contributed by atoms with van der Waals surface area (Å²) in [6.07, 6.45) is 0.789. The number of aryl methyl sites for hydroxylation is 3. The molecule has 0 fully saturated rings. The Balaban J connectivity index is 2.69. The number of nitrogens with zero attached hydrogens (tertiary/aromatic N) is 1. The van der Waals surface area contributed by atoms with Crippen molar-refractivity contribution < 1.29 is 9.53 Å². The van der Waals surface area contributed by atoms with Crippen LogP contribution in [0.2, 0.25) is 0 Å². The maximum absolute atomic E-state index is 10.8. The van der Waals surface area contributed by atoms with Crippen molar-refractivity contribution in [3.8, 4) is 17.0 Å². The Morgan fingerprint density at radius 2 is 2.00 bits per heavy atom. The van der Waals surface area contributed by atoms with Gasteiger partial charge in [-0.1, -0.05) is 6.07 Å². The molecule has 0 aliphatic carbocycles. The van der Waals surface area contributed by atoms with Crippen LogP contribution in [-0.2, 0) is 0 Å². The van der Waals surface area contributed by atoms with Gasteiger partial charge in [-0.15, -0.1) is 11.3 Å². The third-order valence-electron chi connectivity index (χ3n) is 2.81. The zero-order valence-corrected chi connectivity index (χ0v) is 11.7. The van der Waals surface area contributed by atoms with E-state index in [0.717, 1.165) is 39.3 Å².